The number of carbonyl (C=O) groups is 1. The third-order valence-corrected chi connectivity index (χ3v) is 6.04. The Morgan fingerprint density at radius 1 is 1.26 bits per heavy atom. The summed E-state index contributed by atoms with van der Waals surface area (Å²) in [4.78, 5) is 22.0. The van der Waals surface area contributed by atoms with Gasteiger partial charge in [-0.3, -0.25) is 4.79 Å². The van der Waals surface area contributed by atoms with Gasteiger partial charge in [-0.2, -0.15) is 0 Å². The zero-order chi connectivity index (χ0) is 19.1. The van der Waals surface area contributed by atoms with Gasteiger partial charge in [0.15, 0.2) is 5.58 Å². The number of hydrogen-bond donors (Lipinski definition) is 1. The number of aromatic nitrogens is 1. The number of furan rings is 1. The molecule has 1 amide bonds. The summed E-state index contributed by atoms with van der Waals surface area (Å²) in [5.41, 5.74) is 2.21. The van der Waals surface area contributed by atoms with Crippen molar-refractivity contribution in [2.75, 3.05) is 24.5 Å². The Bertz CT molecular complexity index is 813. The molecule has 3 fully saturated rings. The van der Waals surface area contributed by atoms with Crippen LogP contribution in [0.2, 0.25) is 0 Å². The van der Waals surface area contributed by atoms with Crippen LogP contribution >= 0.6 is 0 Å². The van der Waals surface area contributed by atoms with E-state index in [1.165, 1.54) is 25.9 Å². The SMILES string of the molecule is CC(C)N(c1coc2cnc(C(=O)N[C@H]3CN4CCC3CC4)cc12)C(C)C. The second-order valence-corrected chi connectivity index (χ2v) is 8.50. The van der Waals surface area contributed by atoms with E-state index in [0.717, 1.165) is 23.2 Å². The topological polar surface area (TPSA) is 61.6 Å². The maximum absolute atomic E-state index is 12.9. The van der Waals surface area contributed by atoms with E-state index >= 15 is 0 Å². The fourth-order valence-corrected chi connectivity index (χ4v) is 4.77. The first-order chi connectivity index (χ1) is 12.9. The van der Waals surface area contributed by atoms with Gasteiger partial charge < -0.3 is 19.5 Å². The molecule has 0 unspecified atom stereocenters. The van der Waals surface area contributed by atoms with E-state index in [0.29, 0.717) is 23.7 Å². The van der Waals surface area contributed by atoms with Gasteiger partial charge in [0, 0.05) is 30.1 Å². The molecule has 27 heavy (non-hydrogen) atoms. The second kappa shape index (κ2) is 7.15. The monoisotopic (exact) mass is 370 g/mol. The van der Waals surface area contributed by atoms with E-state index in [1.54, 1.807) is 12.5 Å². The lowest BCUT2D eigenvalue weighted by Crippen LogP contribution is -2.57. The first-order valence-electron chi connectivity index (χ1n) is 10.1. The van der Waals surface area contributed by atoms with Gasteiger partial charge in [-0.05, 0) is 65.6 Å². The summed E-state index contributed by atoms with van der Waals surface area (Å²) < 4.78 is 5.71. The van der Waals surface area contributed by atoms with Crippen LogP contribution in [0.5, 0.6) is 0 Å². The molecule has 3 aliphatic rings. The molecule has 3 saturated heterocycles. The number of nitrogens with zero attached hydrogens (tertiary/aromatic N) is 3. The highest BCUT2D eigenvalue weighted by Gasteiger charge is 2.35. The number of carbonyl (C=O) groups excluding carboxylic acids is 1. The zero-order valence-corrected chi connectivity index (χ0v) is 16.7. The van der Waals surface area contributed by atoms with Gasteiger partial charge in [-0.1, -0.05) is 0 Å². The minimum Gasteiger partial charge on any atom is -0.460 e. The number of hydrogen-bond acceptors (Lipinski definition) is 5. The summed E-state index contributed by atoms with van der Waals surface area (Å²) in [6, 6.07) is 2.79. The maximum Gasteiger partial charge on any atom is 0.270 e. The Labute approximate surface area is 160 Å². The van der Waals surface area contributed by atoms with Crippen LogP contribution < -0.4 is 10.2 Å². The van der Waals surface area contributed by atoms with E-state index in [1.807, 2.05) is 6.07 Å². The van der Waals surface area contributed by atoms with Crippen molar-refractivity contribution in [2.45, 2.75) is 58.7 Å². The molecule has 146 valence electrons. The van der Waals surface area contributed by atoms with Crippen molar-refractivity contribution in [2.24, 2.45) is 5.92 Å². The Hall–Kier alpha value is -2.08. The van der Waals surface area contributed by atoms with Crippen LogP contribution in [-0.2, 0) is 0 Å². The van der Waals surface area contributed by atoms with Crippen molar-refractivity contribution in [3.05, 3.63) is 24.2 Å². The van der Waals surface area contributed by atoms with Crippen LogP contribution in [0.1, 0.15) is 51.0 Å². The lowest BCUT2D eigenvalue weighted by atomic mass is 9.84. The Morgan fingerprint density at radius 2 is 1.96 bits per heavy atom. The number of pyridine rings is 1. The third kappa shape index (κ3) is 3.43. The molecule has 1 atom stereocenters. The smallest absolute Gasteiger partial charge is 0.270 e. The number of nitrogens with one attached hydrogen (secondary N) is 1. The summed E-state index contributed by atoms with van der Waals surface area (Å²) >= 11 is 0. The summed E-state index contributed by atoms with van der Waals surface area (Å²) in [6.45, 7) is 12.0. The van der Waals surface area contributed by atoms with Gasteiger partial charge in [-0.25, -0.2) is 4.98 Å². The lowest BCUT2D eigenvalue weighted by molar-refractivity contribution is 0.0618. The van der Waals surface area contributed by atoms with E-state index in [9.17, 15) is 4.79 Å². The minimum absolute atomic E-state index is 0.0801. The van der Waals surface area contributed by atoms with Gasteiger partial charge in [0.25, 0.3) is 5.91 Å². The Kier molecular flexibility index (Phi) is 4.84. The predicted octanol–water partition coefficient (Wildman–Crippen LogP) is 3.28. The molecule has 3 aliphatic heterocycles. The molecule has 0 radical (unpaired) electrons. The molecule has 0 aromatic carbocycles. The number of anilines is 1. The first kappa shape index (κ1) is 18.3. The summed E-state index contributed by atoms with van der Waals surface area (Å²) in [6.07, 6.45) is 5.81. The zero-order valence-electron chi connectivity index (χ0n) is 16.7. The highest BCUT2D eigenvalue weighted by atomic mass is 16.3. The first-order valence-corrected chi connectivity index (χ1v) is 10.1. The van der Waals surface area contributed by atoms with E-state index < -0.39 is 0 Å². The number of amides is 1. The molecular weight excluding hydrogens is 340 g/mol. The molecule has 2 aromatic heterocycles. The fourth-order valence-electron chi connectivity index (χ4n) is 4.77. The molecule has 6 nitrogen and oxygen atoms in total. The molecule has 0 aliphatic carbocycles. The minimum atomic E-state index is -0.0801. The number of fused-ring (bicyclic) bond motifs is 4. The predicted molar refractivity (Wildman–Crippen MR) is 107 cm³/mol. The van der Waals surface area contributed by atoms with Gasteiger partial charge >= 0.3 is 0 Å². The average molecular weight is 370 g/mol. The standard InChI is InChI=1S/C21H30N4O2/c1-13(2)25(14(3)4)19-12-27-20-10-22-17(9-16(19)20)21(26)23-18-11-24-7-5-15(18)6-8-24/h9-10,12-15,18H,5-8,11H2,1-4H3,(H,23,26)/t18-/m0/s1. The molecule has 0 spiro atoms. The molecule has 0 saturated carbocycles. The van der Waals surface area contributed by atoms with Crippen molar-refractivity contribution >= 4 is 22.6 Å². The fraction of sp³-hybridized carbons (Fsp3) is 0.619. The third-order valence-electron chi connectivity index (χ3n) is 6.04. The number of piperidine rings is 3. The van der Waals surface area contributed by atoms with E-state index in [4.69, 9.17) is 4.42 Å². The van der Waals surface area contributed by atoms with Crippen LogP contribution in [0.3, 0.4) is 0 Å². The van der Waals surface area contributed by atoms with Gasteiger partial charge in [-0.15, -0.1) is 0 Å². The normalized spacial score (nSPS) is 24.7. The van der Waals surface area contributed by atoms with Crippen LogP contribution in [0.15, 0.2) is 22.9 Å². The van der Waals surface area contributed by atoms with Gasteiger partial charge in [0.05, 0.1) is 11.9 Å². The van der Waals surface area contributed by atoms with Crippen molar-refractivity contribution in [1.29, 1.82) is 0 Å². The highest BCUT2D eigenvalue weighted by molar-refractivity contribution is 5.99. The van der Waals surface area contributed by atoms with Gasteiger partial charge in [0.1, 0.15) is 12.0 Å². The van der Waals surface area contributed by atoms with E-state index in [-0.39, 0.29) is 11.9 Å². The Morgan fingerprint density at radius 3 is 2.56 bits per heavy atom. The average Bonchev–Trinajstić information content (AvgIpc) is 3.05. The van der Waals surface area contributed by atoms with Crippen molar-refractivity contribution in [3.63, 3.8) is 0 Å². The highest BCUT2D eigenvalue weighted by Crippen LogP contribution is 2.32. The molecule has 6 heteroatoms. The molecule has 1 N–H and O–H groups in total. The second-order valence-electron chi connectivity index (χ2n) is 8.50. The molecule has 2 aromatic rings. The van der Waals surface area contributed by atoms with Crippen LogP contribution in [0.25, 0.3) is 11.0 Å². The quantitative estimate of drug-likeness (QED) is 0.875. The maximum atomic E-state index is 12.9. The Balaban J connectivity index is 1.59. The van der Waals surface area contributed by atoms with Crippen LogP contribution in [-0.4, -0.2) is 53.6 Å². The molecular formula is C21H30N4O2. The van der Waals surface area contributed by atoms with E-state index in [2.05, 4.69) is 47.8 Å². The number of rotatable bonds is 5. The van der Waals surface area contributed by atoms with Crippen molar-refractivity contribution in [1.82, 2.24) is 15.2 Å². The molecule has 2 bridgehead atoms. The summed E-state index contributed by atoms with van der Waals surface area (Å²) in [5, 5.41) is 4.18. The van der Waals surface area contributed by atoms with Gasteiger partial charge in [0.2, 0.25) is 0 Å². The lowest BCUT2D eigenvalue weighted by Gasteiger charge is -2.44. The van der Waals surface area contributed by atoms with Crippen molar-refractivity contribution < 1.29 is 9.21 Å². The molecule has 5 heterocycles. The summed E-state index contributed by atoms with van der Waals surface area (Å²) in [5.74, 6) is 0.521. The molecule has 5 rings (SSSR count). The van der Waals surface area contributed by atoms with Crippen LogP contribution in [0.4, 0.5) is 5.69 Å². The largest absolute Gasteiger partial charge is 0.460 e. The van der Waals surface area contributed by atoms with Crippen LogP contribution in [0, 0.1) is 5.92 Å². The van der Waals surface area contributed by atoms with Crippen molar-refractivity contribution in [3.8, 4) is 0 Å². The summed E-state index contributed by atoms with van der Waals surface area (Å²) in [7, 11) is 0.